The Bertz CT molecular complexity index is 1330. The maximum absolute atomic E-state index is 13.3. The number of para-hydroxylation sites is 1. The lowest BCUT2D eigenvalue weighted by Crippen LogP contribution is -2.35. The Hall–Kier alpha value is -2.54. The molecule has 4 nitrogen and oxygen atoms in total. The molecule has 3 heterocycles. The van der Waals surface area contributed by atoms with Crippen LogP contribution in [0.25, 0.3) is 20.8 Å². The number of thiophene rings is 1. The molecule has 4 aromatic rings. The Kier molecular flexibility index (Phi) is 6.32. The molecule has 1 amide bonds. The zero-order valence-electron chi connectivity index (χ0n) is 20.5. The third kappa shape index (κ3) is 4.42. The van der Waals surface area contributed by atoms with Crippen LogP contribution in [0, 0.1) is 20.8 Å². The van der Waals surface area contributed by atoms with Gasteiger partial charge in [0.25, 0.3) is 0 Å². The number of thiazole rings is 1. The van der Waals surface area contributed by atoms with Crippen molar-refractivity contribution in [1.82, 2.24) is 9.88 Å². The molecule has 6 heteroatoms. The molecule has 0 radical (unpaired) electrons. The number of nitrogens with zero attached hydrogens (tertiary/aromatic N) is 2. The van der Waals surface area contributed by atoms with Gasteiger partial charge in [-0.15, -0.1) is 22.7 Å². The third-order valence-electron chi connectivity index (χ3n) is 6.76. The molecule has 1 aliphatic rings. The van der Waals surface area contributed by atoms with Crippen molar-refractivity contribution in [3.05, 3.63) is 69.1 Å². The quantitative estimate of drug-likeness (QED) is 0.332. The second kappa shape index (κ2) is 9.25. The SMILES string of the molecule is Cc1cc(C)c(CC(=O)Nc2sc3c(c2-c2nc4ccccc4s2)CCN(C(C)C)C3)c(C)c1. The number of aromatic nitrogens is 1. The van der Waals surface area contributed by atoms with Gasteiger partial charge in [0.1, 0.15) is 10.0 Å². The third-order valence-corrected chi connectivity index (χ3v) is 8.94. The number of benzene rings is 2. The van der Waals surface area contributed by atoms with Crippen molar-refractivity contribution in [1.29, 1.82) is 0 Å². The summed E-state index contributed by atoms with van der Waals surface area (Å²) >= 11 is 3.45. The van der Waals surface area contributed by atoms with Gasteiger partial charge in [-0.25, -0.2) is 4.98 Å². The zero-order chi connectivity index (χ0) is 24.0. The van der Waals surface area contributed by atoms with Crippen LogP contribution in [0.5, 0.6) is 0 Å². The van der Waals surface area contributed by atoms with E-state index in [1.54, 1.807) is 22.7 Å². The van der Waals surface area contributed by atoms with Crippen LogP contribution >= 0.6 is 22.7 Å². The molecule has 0 fully saturated rings. The fourth-order valence-corrected chi connectivity index (χ4v) is 7.38. The van der Waals surface area contributed by atoms with Crippen LogP contribution in [-0.2, 0) is 24.2 Å². The molecule has 0 spiro atoms. The fraction of sp³-hybridized carbons (Fsp3) is 0.357. The number of nitrogens with one attached hydrogen (secondary N) is 1. The van der Waals surface area contributed by atoms with Crippen molar-refractivity contribution >= 4 is 43.8 Å². The molecule has 2 aromatic carbocycles. The first-order chi connectivity index (χ1) is 16.3. The van der Waals surface area contributed by atoms with Gasteiger partial charge in [-0.05, 0) is 75.4 Å². The van der Waals surface area contributed by atoms with Crippen LogP contribution in [0.4, 0.5) is 5.00 Å². The van der Waals surface area contributed by atoms with E-state index in [4.69, 9.17) is 4.98 Å². The largest absolute Gasteiger partial charge is 0.317 e. The molecule has 0 atom stereocenters. The minimum absolute atomic E-state index is 0.0386. The standard InChI is InChI=1S/C28H31N3OS2/c1-16(2)31-11-10-20-24(15-31)34-28(26(20)27-29-22-8-6-7-9-23(22)33-27)30-25(32)14-21-18(4)12-17(3)13-19(21)5/h6-9,12-13,16H,10-11,14-15H2,1-5H3,(H,30,32). The predicted molar refractivity (Wildman–Crippen MR) is 145 cm³/mol. The van der Waals surface area contributed by atoms with E-state index in [-0.39, 0.29) is 5.91 Å². The van der Waals surface area contributed by atoms with Crippen LogP contribution in [0.2, 0.25) is 0 Å². The second-order valence-corrected chi connectivity index (χ2v) is 11.7. The topological polar surface area (TPSA) is 45.2 Å². The van der Waals surface area contributed by atoms with Gasteiger partial charge >= 0.3 is 0 Å². The number of aryl methyl sites for hydroxylation is 3. The highest BCUT2D eigenvalue weighted by atomic mass is 32.1. The Morgan fingerprint density at radius 1 is 1.12 bits per heavy atom. The Labute approximate surface area is 209 Å². The van der Waals surface area contributed by atoms with Gasteiger partial charge in [0.2, 0.25) is 5.91 Å². The van der Waals surface area contributed by atoms with Gasteiger partial charge in [-0.3, -0.25) is 9.69 Å². The molecule has 2 aromatic heterocycles. The maximum atomic E-state index is 13.3. The van der Waals surface area contributed by atoms with Crippen LogP contribution in [-0.4, -0.2) is 28.4 Å². The summed E-state index contributed by atoms with van der Waals surface area (Å²) in [6, 6.07) is 13.1. The van der Waals surface area contributed by atoms with Crippen molar-refractivity contribution in [2.45, 2.75) is 60.0 Å². The van der Waals surface area contributed by atoms with E-state index >= 15 is 0 Å². The van der Waals surface area contributed by atoms with E-state index in [1.807, 2.05) is 6.07 Å². The van der Waals surface area contributed by atoms with Crippen molar-refractivity contribution in [2.75, 3.05) is 11.9 Å². The summed E-state index contributed by atoms with van der Waals surface area (Å²) in [4.78, 5) is 22.1. The summed E-state index contributed by atoms with van der Waals surface area (Å²) < 4.78 is 1.18. The fourth-order valence-electron chi connectivity index (χ4n) is 4.98. The first-order valence-corrected chi connectivity index (χ1v) is 13.5. The number of amides is 1. The number of rotatable bonds is 5. The molecule has 34 heavy (non-hydrogen) atoms. The molecule has 0 saturated carbocycles. The summed E-state index contributed by atoms with van der Waals surface area (Å²) in [7, 11) is 0. The minimum atomic E-state index is 0.0386. The van der Waals surface area contributed by atoms with Gasteiger partial charge in [-0.2, -0.15) is 0 Å². The van der Waals surface area contributed by atoms with E-state index < -0.39 is 0 Å². The van der Waals surface area contributed by atoms with E-state index in [0.717, 1.165) is 46.2 Å². The lowest BCUT2D eigenvalue weighted by atomic mass is 9.97. The highest BCUT2D eigenvalue weighted by molar-refractivity contribution is 7.22. The van der Waals surface area contributed by atoms with Crippen molar-refractivity contribution in [2.24, 2.45) is 0 Å². The lowest BCUT2D eigenvalue weighted by molar-refractivity contribution is -0.115. The highest BCUT2D eigenvalue weighted by Gasteiger charge is 2.28. The van der Waals surface area contributed by atoms with Crippen LogP contribution in [0.1, 0.15) is 46.5 Å². The monoisotopic (exact) mass is 489 g/mol. The van der Waals surface area contributed by atoms with E-state index in [9.17, 15) is 4.79 Å². The minimum Gasteiger partial charge on any atom is -0.317 e. The van der Waals surface area contributed by atoms with E-state index in [2.05, 4.69) is 75.2 Å². The highest BCUT2D eigenvalue weighted by Crippen LogP contribution is 2.46. The van der Waals surface area contributed by atoms with Crippen molar-refractivity contribution in [3.8, 4) is 10.6 Å². The van der Waals surface area contributed by atoms with E-state index in [1.165, 1.54) is 31.8 Å². The molecule has 1 aliphatic heterocycles. The number of anilines is 1. The normalized spacial score (nSPS) is 14.1. The van der Waals surface area contributed by atoms with Crippen LogP contribution in [0.15, 0.2) is 36.4 Å². The summed E-state index contributed by atoms with van der Waals surface area (Å²) in [6.45, 7) is 12.8. The second-order valence-electron chi connectivity index (χ2n) is 9.61. The Morgan fingerprint density at radius 2 is 1.85 bits per heavy atom. The molecule has 0 saturated heterocycles. The predicted octanol–water partition coefficient (Wildman–Crippen LogP) is 6.90. The molecule has 0 unspecified atom stereocenters. The number of carbonyl (C=O) groups excluding carboxylic acids is 1. The Morgan fingerprint density at radius 3 is 2.56 bits per heavy atom. The first kappa shape index (κ1) is 23.2. The van der Waals surface area contributed by atoms with Crippen LogP contribution in [0.3, 0.4) is 0 Å². The summed E-state index contributed by atoms with van der Waals surface area (Å²) in [5.41, 5.74) is 8.23. The average Bonchev–Trinajstić information content (AvgIpc) is 3.35. The maximum Gasteiger partial charge on any atom is 0.229 e. The van der Waals surface area contributed by atoms with Gasteiger partial charge < -0.3 is 5.32 Å². The molecular formula is C28H31N3OS2. The first-order valence-electron chi connectivity index (χ1n) is 11.9. The molecule has 0 bridgehead atoms. The number of fused-ring (bicyclic) bond motifs is 2. The molecule has 1 N–H and O–H groups in total. The smallest absolute Gasteiger partial charge is 0.229 e. The van der Waals surface area contributed by atoms with Crippen molar-refractivity contribution in [3.63, 3.8) is 0 Å². The van der Waals surface area contributed by atoms with Gasteiger partial charge in [0.15, 0.2) is 0 Å². The average molecular weight is 490 g/mol. The van der Waals surface area contributed by atoms with Crippen LogP contribution < -0.4 is 5.32 Å². The van der Waals surface area contributed by atoms with Gasteiger partial charge in [0, 0.05) is 29.6 Å². The molecule has 5 rings (SSSR count). The number of carbonyl (C=O) groups is 1. The Balaban J connectivity index is 1.52. The summed E-state index contributed by atoms with van der Waals surface area (Å²) in [6.07, 6.45) is 1.37. The van der Waals surface area contributed by atoms with Gasteiger partial charge in [0.05, 0.1) is 16.6 Å². The van der Waals surface area contributed by atoms with Gasteiger partial charge in [-0.1, -0.05) is 29.8 Å². The zero-order valence-corrected chi connectivity index (χ0v) is 22.1. The van der Waals surface area contributed by atoms with Crippen molar-refractivity contribution < 1.29 is 4.79 Å². The van der Waals surface area contributed by atoms with E-state index in [0.29, 0.717) is 12.5 Å². The summed E-state index contributed by atoms with van der Waals surface area (Å²) in [5, 5.41) is 5.26. The molecular weight excluding hydrogens is 458 g/mol. The lowest BCUT2D eigenvalue weighted by Gasteiger charge is -2.30. The molecule has 0 aliphatic carbocycles. The summed E-state index contributed by atoms with van der Waals surface area (Å²) in [5.74, 6) is 0.0386. The number of hydrogen-bond donors (Lipinski definition) is 1. The number of hydrogen-bond acceptors (Lipinski definition) is 5. The molecule has 176 valence electrons.